The number of nitrogens with two attached hydrogens (primary N) is 1. The molecule has 3 N–H and O–H groups in total. The highest BCUT2D eigenvalue weighted by Crippen LogP contribution is 2.28. The predicted molar refractivity (Wildman–Crippen MR) is 84.8 cm³/mol. The van der Waals surface area contributed by atoms with E-state index in [9.17, 15) is 8.42 Å². The molecule has 0 radical (unpaired) electrons. The van der Waals surface area contributed by atoms with Gasteiger partial charge < -0.3 is 5.73 Å². The maximum absolute atomic E-state index is 12.2. The number of hydrogen-bond donors (Lipinski definition) is 2. The van der Waals surface area contributed by atoms with Crippen molar-refractivity contribution < 1.29 is 8.42 Å². The highest BCUT2D eigenvalue weighted by atomic mass is 32.2. The first-order valence-electron chi connectivity index (χ1n) is 6.16. The molecule has 2 heterocycles. The lowest BCUT2D eigenvalue weighted by Gasteiger charge is -2.06. The molecule has 0 unspecified atom stereocenters. The molecular formula is C13H11N5O2S2. The topological polar surface area (TPSA) is 111 Å². The molecule has 1 aromatic carbocycles. The summed E-state index contributed by atoms with van der Waals surface area (Å²) in [6.07, 6.45) is 4.57. The van der Waals surface area contributed by atoms with E-state index in [1.54, 1.807) is 24.4 Å². The van der Waals surface area contributed by atoms with Crippen LogP contribution in [0.3, 0.4) is 0 Å². The number of rotatable bonds is 4. The summed E-state index contributed by atoms with van der Waals surface area (Å²) in [5, 5.41) is 0.467. The van der Waals surface area contributed by atoms with Crippen molar-refractivity contribution in [2.75, 3.05) is 10.5 Å². The van der Waals surface area contributed by atoms with E-state index in [0.717, 1.165) is 10.4 Å². The fourth-order valence-corrected chi connectivity index (χ4v) is 3.40. The largest absolute Gasteiger partial charge is 0.375 e. The number of thiazole rings is 1. The number of hydrogen-bond acceptors (Lipinski definition) is 7. The second kappa shape index (κ2) is 5.70. The SMILES string of the molecule is Nc1ncc(-c2ccc(S(=O)(=O)Nc3ncccn3)cc2)s1. The zero-order valence-electron chi connectivity index (χ0n) is 11.2. The number of benzene rings is 1. The van der Waals surface area contributed by atoms with Crippen molar-refractivity contribution in [3.63, 3.8) is 0 Å². The fourth-order valence-electron chi connectivity index (χ4n) is 1.75. The third-order valence-electron chi connectivity index (χ3n) is 2.76. The van der Waals surface area contributed by atoms with Gasteiger partial charge in [0.2, 0.25) is 5.95 Å². The Bertz CT molecular complexity index is 876. The van der Waals surface area contributed by atoms with Gasteiger partial charge in [0.05, 0.1) is 9.77 Å². The Balaban J connectivity index is 1.86. The number of nitrogens with zero attached hydrogens (tertiary/aromatic N) is 3. The van der Waals surface area contributed by atoms with Gasteiger partial charge in [0.1, 0.15) is 0 Å². The van der Waals surface area contributed by atoms with Gasteiger partial charge in [-0.15, -0.1) is 0 Å². The lowest BCUT2D eigenvalue weighted by Crippen LogP contribution is -2.14. The molecule has 0 saturated heterocycles. The van der Waals surface area contributed by atoms with Gasteiger partial charge >= 0.3 is 0 Å². The summed E-state index contributed by atoms with van der Waals surface area (Å²) in [6, 6.07) is 8.03. The first kappa shape index (κ1) is 14.4. The molecular weight excluding hydrogens is 322 g/mol. The molecule has 0 spiro atoms. The van der Waals surface area contributed by atoms with E-state index < -0.39 is 10.0 Å². The average Bonchev–Trinajstić information content (AvgIpc) is 2.95. The summed E-state index contributed by atoms with van der Waals surface area (Å²) in [5.74, 6) is 0.0295. The molecule has 0 amide bonds. The first-order valence-corrected chi connectivity index (χ1v) is 8.46. The van der Waals surface area contributed by atoms with Crippen LogP contribution in [-0.2, 0) is 10.0 Å². The van der Waals surface area contributed by atoms with E-state index in [4.69, 9.17) is 5.73 Å². The molecule has 9 heteroatoms. The monoisotopic (exact) mass is 333 g/mol. The second-order valence-corrected chi connectivity index (χ2v) is 7.01. The van der Waals surface area contributed by atoms with E-state index in [2.05, 4.69) is 19.7 Å². The molecule has 3 aromatic rings. The van der Waals surface area contributed by atoms with Crippen molar-refractivity contribution in [1.82, 2.24) is 15.0 Å². The molecule has 0 aliphatic carbocycles. The van der Waals surface area contributed by atoms with Crippen LogP contribution in [0.15, 0.2) is 53.8 Å². The maximum atomic E-state index is 12.2. The zero-order chi connectivity index (χ0) is 15.6. The molecule has 0 aliphatic heterocycles. The Kier molecular flexibility index (Phi) is 3.73. The molecule has 3 rings (SSSR count). The summed E-state index contributed by atoms with van der Waals surface area (Å²) in [5.41, 5.74) is 6.44. The number of nitrogen functional groups attached to an aromatic ring is 1. The molecule has 7 nitrogen and oxygen atoms in total. The molecule has 2 aromatic heterocycles. The fraction of sp³-hybridized carbons (Fsp3) is 0. The molecule has 0 bridgehead atoms. The summed E-state index contributed by atoms with van der Waals surface area (Å²) in [6.45, 7) is 0. The third-order valence-corrected chi connectivity index (χ3v) is 4.98. The average molecular weight is 333 g/mol. The van der Waals surface area contributed by atoms with Crippen LogP contribution >= 0.6 is 11.3 Å². The van der Waals surface area contributed by atoms with E-state index in [1.165, 1.54) is 35.9 Å². The van der Waals surface area contributed by atoms with Gasteiger partial charge in [-0.25, -0.2) is 28.1 Å². The lowest BCUT2D eigenvalue weighted by atomic mass is 10.2. The van der Waals surface area contributed by atoms with Crippen molar-refractivity contribution in [3.05, 3.63) is 48.9 Å². The minimum atomic E-state index is -3.72. The summed E-state index contributed by atoms with van der Waals surface area (Å²) >= 11 is 1.34. The third kappa shape index (κ3) is 3.05. The van der Waals surface area contributed by atoms with Crippen LogP contribution < -0.4 is 10.5 Å². The molecule has 112 valence electrons. The number of aromatic nitrogens is 3. The van der Waals surface area contributed by atoms with Crippen LogP contribution in [-0.4, -0.2) is 23.4 Å². The summed E-state index contributed by atoms with van der Waals surface area (Å²) in [4.78, 5) is 12.6. The minimum absolute atomic E-state index is 0.0295. The molecule has 0 atom stereocenters. The Morgan fingerprint density at radius 3 is 2.32 bits per heavy atom. The lowest BCUT2D eigenvalue weighted by molar-refractivity contribution is 0.601. The van der Waals surface area contributed by atoms with E-state index in [0.29, 0.717) is 5.13 Å². The van der Waals surface area contributed by atoms with Crippen molar-refractivity contribution >= 4 is 32.4 Å². The van der Waals surface area contributed by atoms with Gasteiger partial charge in [-0.05, 0) is 23.8 Å². The summed E-state index contributed by atoms with van der Waals surface area (Å²) < 4.78 is 26.8. The number of nitrogens with one attached hydrogen (secondary N) is 1. The molecule has 0 saturated carbocycles. The van der Waals surface area contributed by atoms with Gasteiger partial charge in [0.25, 0.3) is 10.0 Å². The Morgan fingerprint density at radius 2 is 1.73 bits per heavy atom. The summed E-state index contributed by atoms with van der Waals surface area (Å²) in [7, 11) is -3.72. The maximum Gasteiger partial charge on any atom is 0.264 e. The molecule has 0 aliphatic rings. The van der Waals surface area contributed by atoms with E-state index >= 15 is 0 Å². The highest BCUT2D eigenvalue weighted by molar-refractivity contribution is 7.92. The molecule has 0 fully saturated rings. The zero-order valence-corrected chi connectivity index (χ0v) is 12.8. The standard InChI is InChI=1S/C13H11N5O2S2/c14-12-17-8-11(21-12)9-2-4-10(5-3-9)22(19,20)18-13-15-6-1-7-16-13/h1-8H,(H2,14,17)(H,15,16,18). The van der Waals surface area contributed by atoms with Crippen LogP contribution in [0.1, 0.15) is 0 Å². The normalized spacial score (nSPS) is 11.3. The van der Waals surface area contributed by atoms with Crippen LogP contribution in [0.4, 0.5) is 11.1 Å². The van der Waals surface area contributed by atoms with Gasteiger partial charge in [-0.1, -0.05) is 23.5 Å². The second-order valence-electron chi connectivity index (χ2n) is 4.27. The molecule has 22 heavy (non-hydrogen) atoms. The Hall–Kier alpha value is -2.52. The van der Waals surface area contributed by atoms with Crippen molar-refractivity contribution in [2.45, 2.75) is 4.90 Å². The van der Waals surface area contributed by atoms with Crippen molar-refractivity contribution in [2.24, 2.45) is 0 Å². The van der Waals surface area contributed by atoms with E-state index in [-0.39, 0.29) is 10.8 Å². The van der Waals surface area contributed by atoms with Gasteiger partial charge in [0.15, 0.2) is 5.13 Å². The number of sulfonamides is 1. The van der Waals surface area contributed by atoms with Crippen LogP contribution in [0.25, 0.3) is 10.4 Å². The minimum Gasteiger partial charge on any atom is -0.375 e. The first-order chi connectivity index (χ1) is 10.5. The van der Waals surface area contributed by atoms with Gasteiger partial charge in [0, 0.05) is 18.6 Å². The van der Waals surface area contributed by atoms with Crippen molar-refractivity contribution in [3.8, 4) is 10.4 Å². The van der Waals surface area contributed by atoms with Crippen LogP contribution in [0, 0.1) is 0 Å². The van der Waals surface area contributed by atoms with Crippen LogP contribution in [0.5, 0.6) is 0 Å². The van der Waals surface area contributed by atoms with Gasteiger partial charge in [-0.2, -0.15) is 0 Å². The van der Waals surface area contributed by atoms with E-state index in [1.807, 2.05) is 0 Å². The highest BCUT2D eigenvalue weighted by Gasteiger charge is 2.15. The Labute approximate surface area is 130 Å². The number of anilines is 2. The van der Waals surface area contributed by atoms with Crippen molar-refractivity contribution in [1.29, 1.82) is 0 Å². The quantitative estimate of drug-likeness (QED) is 0.755. The van der Waals surface area contributed by atoms with Crippen LogP contribution in [0.2, 0.25) is 0 Å². The predicted octanol–water partition coefficient (Wildman–Crippen LogP) is 1.98. The van der Waals surface area contributed by atoms with Gasteiger partial charge in [-0.3, -0.25) is 0 Å². The smallest absolute Gasteiger partial charge is 0.264 e. The Morgan fingerprint density at radius 1 is 1.05 bits per heavy atom.